The third-order valence-electron chi connectivity index (χ3n) is 6.71. The van der Waals surface area contributed by atoms with E-state index in [0.29, 0.717) is 23.5 Å². The average Bonchev–Trinajstić information content (AvgIpc) is 3.50. The Morgan fingerprint density at radius 1 is 0.889 bits per heavy atom. The number of hydrogen-bond acceptors (Lipinski definition) is 5. The van der Waals surface area contributed by atoms with Gasteiger partial charge in [-0.1, -0.05) is 92.8 Å². The summed E-state index contributed by atoms with van der Waals surface area (Å²) < 4.78 is 31.8. The molecule has 3 heterocycles. The highest BCUT2D eigenvalue weighted by molar-refractivity contribution is 7.93. The summed E-state index contributed by atoms with van der Waals surface area (Å²) in [5.41, 5.74) is 4.29. The van der Waals surface area contributed by atoms with Crippen molar-refractivity contribution in [1.29, 1.82) is 0 Å². The molecule has 0 bridgehead atoms. The second-order valence-corrected chi connectivity index (χ2v) is 11.2. The van der Waals surface area contributed by atoms with Gasteiger partial charge in [0.05, 0.1) is 23.3 Å². The van der Waals surface area contributed by atoms with Gasteiger partial charge in [-0.25, -0.2) is 8.42 Å². The Balaban J connectivity index is 1.48. The molecular formula is C27H32N6O2S. The standard InChI is InChI=1S/C27H32N6O2S/c1-3-4-5-6-7-13-18-32-19-22(28-30-32)20-33-26-23-16-11-12-17-24(23)36(34,35)31(2)27(26)25(29-33)21-14-9-8-10-15-21/h8-12,14-17,19H,3-7,13,18,20H2,1-2H3. The van der Waals surface area contributed by atoms with Crippen molar-refractivity contribution in [3.63, 3.8) is 0 Å². The van der Waals surface area contributed by atoms with E-state index < -0.39 is 10.0 Å². The second-order valence-electron chi connectivity index (χ2n) is 9.28. The first kappa shape index (κ1) is 24.2. The maximum atomic E-state index is 13.4. The van der Waals surface area contributed by atoms with E-state index in [9.17, 15) is 8.42 Å². The molecule has 0 spiro atoms. The Morgan fingerprint density at radius 2 is 1.61 bits per heavy atom. The van der Waals surface area contributed by atoms with Gasteiger partial charge >= 0.3 is 0 Å². The lowest BCUT2D eigenvalue weighted by molar-refractivity contribution is 0.516. The van der Waals surface area contributed by atoms with E-state index in [1.54, 1.807) is 19.2 Å². The number of aryl methyl sites for hydroxylation is 1. The summed E-state index contributed by atoms with van der Waals surface area (Å²) in [6, 6.07) is 16.8. The van der Waals surface area contributed by atoms with Crippen LogP contribution in [-0.2, 0) is 23.1 Å². The number of unbranched alkanes of at least 4 members (excludes halogenated alkanes) is 5. The topological polar surface area (TPSA) is 85.9 Å². The third kappa shape index (κ3) is 4.55. The highest BCUT2D eigenvalue weighted by Gasteiger charge is 2.38. The molecule has 2 aromatic carbocycles. The fourth-order valence-electron chi connectivity index (χ4n) is 4.80. The van der Waals surface area contributed by atoms with Crippen molar-refractivity contribution < 1.29 is 8.42 Å². The second kappa shape index (κ2) is 10.3. The van der Waals surface area contributed by atoms with Crippen LogP contribution >= 0.6 is 0 Å². The van der Waals surface area contributed by atoms with E-state index >= 15 is 0 Å². The summed E-state index contributed by atoms with van der Waals surface area (Å²) in [5.74, 6) is 0. The summed E-state index contributed by atoms with van der Waals surface area (Å²) in [7, 11) is -2.09. The van der Waals surface area contributed by atoms with Crippen LogP contribution in [-0.4, -0.2) is 40.2 Å². The number of fused-ring (bicyclic) bond motifs is 3. The molecule has 0 aliphatic carbocycles. The Bertz CT molecular complexity index is 1440. The van der Waals surface area contributed by atoms with E-state index in [4.69, 9.17) is 5.10 Å². The summed E-state index contributed by atoms with van der Waals surface area (Å²) in [6.45, 7) is 3.47. The lowest BCUT2D eigenvalue weighted by Crippen LogP contribution is -2.30. The van der Waals surface area contributed by atoms with E-state index in [1.807, 2.05) is 58.0 Å². The molecule has 0 unspecified atom stereocenters. The molecule has 0 amide bonds. The predicted octanol–water partition coefficient (Wildman–Crippen LogP) is 5.36. The van der Waals surface area contributed by atoms with Crippen LogP contribution < -0.4 is 4.31 Å². The number of benzene rings is 2. The van der Waals surface area contributed by atoms with Crippen LogP contribution in [0.2, 0.25) is 0 Å². The Kier molecular flexibility index (Phi) is 6.91. The molecule has 1 aliphatic heterocycles. The fraction of sp³-hybridized carbons (Fsp3) is 0.370. The maximum absolute atomic E-state index is 13.4. The minimum absolute atomic E-state index is 0.285. The number of aromatic nitrogens is 5. The van der Waals surface area contributed by atoms with Gasteiger partial charge in [-0.05, 0) is 12.5 Å². The maximum Gasteiger partial charge on any atom is 0.264 e. The first-order chi connectivity index (χ1) is 17.5. The molecule has 8 nitrogen and oxygen atoms in total. The SMILES string of the molecule is CCCCCCCCn1cc(Cn2nc(-c3ccccc3)c3c2-c2ccccc2S(=O)(=O)N3C)nn1. The summed E-state index contributed by atoms with van der Waals surface area (Å²) in [6.07, 6.45) is 9.34. The molecule has 4 aromatic rings. The first-order valence-corrected chi connectivity index (χ1v) is 14.1. The number of hydrogen-bond donors (Lipinski definition) is 0. The molecular weight excluding hydrogens is 472 g/mol. The predicted molar refractivity (Wildman–Crippen MR) is 141 cm³/mol. The van der Waals surface area contributed by atoms with Crippen LogP contribution in [0.4, 0.5) is 5.69 Å². The quantitative estimate of drug-likeness (QED) is 0.272. The van der Waals surface area contributed by atoms with Crippen LogP contribution in [0.15, 0.2) is 65.7 Å². The average molecular weight is 505 g/mol. The van der Waals surface area contributed by atoms with Gasteiger partial charge in [0.15, 0.2) is 0 Å². The van der Waals surface area contributed by atoms with Gasteiger partial charge in [0.25, 0.3) is 10.0 Å². The minimum Gasteiger partial charge on any atom is -0.265 e. The van der Waals surface area contributed by atoms with Crippen LogP contribution in [0.5, 0.6) is 0 Å². The summed E-state index contributed by atoms with van der Waals surface area (Å²) >= 11 is 0. The van der Waals surface area contributed by atoms with Crippen molar-refractivity contribution in [3.05, 3.63) is 66.5 Å². The third-order valence-corrected chi connectivity index (χ3v) is 8.52. The van der Waals surface area contributed by atoms with Crippen LogP contribution in [0, 0.1) is 0 Å². The number of nitrogens with zero attached hydrogens (tertiary/aromatic N) is 6. The number of anilines is 1. The van der Waals surface area contributed by atoms with E-state index in [1.165, 1.54) is 36.4 Å². The molecule has 0 saturated carbocycles. The van der Waals surface area contributed by atoms with Crippen molar-refractivity contribution in [1.82, 2.24) is 24.8 Å². The smallest absolute Gasteiger partial charge is 0.264 e. The van der Waals surface area contributed by atoms with Crippen LogP contribution in [0.25, 0.3) is 22.5 Å². The molecule has 9 heteroatoms. The monoisotopic (exact) mass is 504 g/mol. The first-order valence-electron chi connectivity index (χ1n) is 12.6. The van der Waals surface area contributed by atoms with Gasteiger partial charge in [-0.2, -0.15) is 5.10 Å². The van der Waals surface area contributed by atoms with Gasteiger partial charge in [0.2, 0.25) is 0 Å². The summed E-state index contributed by atoms with van der Waals surface area (Å²) in [4.78, 5) is 0.285. The minimum atomic E-state index is -3.69. The highest BCUT2D eigenvalue weighted by Crippen LogP contribution is 2.47. The van der Waals surface area contributed by atoms with Crippen LogP contribution in [0.1, 0.15) is 51.1 Å². The molecule has 2 aromatic heterocycles. The van der Waals surface area contributed by atoms with E-state index in [2.05, 4.69) is 17.2 Å². The zero-order valence-corrected chi connectivity index (χ0v) is 21.7. The molecule has 188 valence electrons. The molecule has 1 aliphatic rings. The van der Waals surface area contributed by atoms with Gasteiger partial charge in [-0.15, -0.1) is 5.10 Å². The molecule has 0 atom stereocenters. The molecule has 0 N–H and O–H groups in total. The Labute approximate surface area is 212 Å². The number of sulfonamides is 1. The largest absolute Gasteiger partial charge is 0.265 e. The molecule has 5 rings (SSSR count). The van der Waals surface area contributed by atoms with Crippen molar-refractivity contribution in [2.24, 2.45) is 0 Å². The zero-order chi connectivity index (χ0) is 25.1. The van der Waals surface area contributed by atoms with Crippen LogP contribution in [0.3, 0.4) is 0 Å². The molecule has 0 saturated heterocycles. The normalized spacial score (nSPS) is 14.0. The highest BCUT2D eigenvalue weighted by atomic mass is 32.2. The zero-order valence-electron chi connectivity index (χ0n) is 20.8. The Morgan fingerprint density at radius 3 is 2.42 bits per heavy atom. The van der Waals surface area contributed by atoms with Crippen molar-refractivity contribution in [2.75, 3.05) is 11.4 Å². The summed E-state index contributed by atoms with van der Waals surface area (Å²) in [5, 5.41) is 13.6. The van der Waals surface area contributed by atoms with Crippen molar-refractivity contribution >= 4 is 15.7 Å². The lowest BCUT2D eigenvalue weighted by atomic mass is 10.1. The molecule has 0 radical (unpaired) electrons. The van der Waals surface area contributed by atoms with Gasteiger partial charge in [-0.3, -0.25) is 13.7 Å². The van der Waals surface area contributed by atoms with Gasteiger partial charge in [0, 0.05) is 24.7 Å². The molecule has 0 fully saturated rings. The number of rotatable bonds is 10. The lowest BCUT2D eigenvalue weighted by Gasteiger charge is -2.27. The van der Waals surface area contributed by atoms with Gasteiger partial charge in [0.1, 0.15) is 17.1 Å². The fourth-order valence-corrected chi connectivity index (χ4v) is 6.21. The van der Waals surface area contributed by atoms with Gasteiger partial charge < -0.3 is 0 Å². The van der Waals surface area contributed by atoms with Crippen molar-refractivity contribution in [3.8, 4) is 22.5 Å². The Hall–Kier alpha value is -3.46. The van der Waals surface area contributed by atoms with E-state index in [-0.39, 0.29) is 4.90 Å². The molecule has 36 heavy (non-hydrogen) atoms. The van der Waals surface area contributed by atoms with E-state index in [0.717, 1.165) is 29.9 Å². The van der Waals surface area contributed by atoms with Crippen molar-refractivity contribution in [2.45, 2.75) is 63.4 Å².